The largest absolute Gasteiger partial charge is 0.315 e. The highest BCUT2D eigenvalue weighted by Gasteiger charge is 2.13. The number of thioether (sulfide) groups is 1. The number of hydrogen-bond acceptors (Lipinski definition) is 3. The third-order valence-electron chi connectivity index (χ3n) is 3.78. The highest BCUT2D eigenvalue weighted by Crippen LogP contribution is 2.30. The van der Waals surface area contributed by atoms with Crippen LogP contribution in [-0.2, 0) is 5.75 Å². The Kier molecular flexibility index (Phi) is 4.36. The van der Waals surface area contributed by atoms with E-state index in [0.717, 1.165) is 5.56 Å². The van der Waals surface area contributed by atoms with E-state index in [0.29, 0.717) is 21.4 Å². The highest BCUT2D eigenvalue weighted by molar-refractivity contribution is 7.98. The molecule has 2 aromatic carbocycles. The molecule has 0 aliphatic carbocycles. The fraction of sp³-hybridized carbons (Fsp3) is 0.111. The number of aromatic amines is 1. The Bertz CT molecular complexity index is 1020. The van der Waals surface area contributed by atoms with Crippen molar-refractivity contribution in [2.75, 3.05) is 0 Å². The molecular weight excluding hydrogens is 330 g/mol. The van der Waals surface area contributed by atoms with Gasteiger partial charge < -0.3 is 4.98 Å². The molecule has 0 radical (unpaired) electrons. The number of nitrogens with one attached hydrogen (secondary N) is 1. The first-order valence-electron chi connectivity index (χ1n) is 7.13. The Balaban J connectivity index is 2.09. The predicted octanol–water partition coefficient (Wildman–Crippen LogP) is 4.28. The van der Waals surface area contributed by atoms with Crippen LogP contribution in [-0.4, -0.2) is 4.98 Å². The maximum atomic E-state index is 13.9. The molecular formula is C18H12F2N2OS. The van der Waals surface area contributed by atoms with Gasteiger partial charge in [0.15, 0.2) is 0 Å². The van der Waals surface area contributed by atoms with Crippen LogP contribution in [0.25, 0.3) is 10.8 Å². The van der Waals surface area contributed by atoms with Gasteiger partial charge in [0, 0.05) is 22.1 Å². The molecule has 0 amide bonds. The Morgan fingerprint density at radius 1 is 1.21 bits per heavy atom. The lowest BCUT2D eigenvalue weighted by atomic mass is 10.1. The monoisotopic (exact) mass is 342 g/mol. The molecule has 0 atom stereocenters. The lowest BCUT2D eigenvalue weighted by Crippen LogP contribution is -2.12. The van der Waals surface area contributed by atoms with Crippen molar-refractivity contribution >= 4 is 22.5 Å². The quantitative estimate of drug-likeness (QED) is 0.723. The minimum atomic E-state index is -0.538. The smallest absolute Gasteiger partial charge is 0.267 e. The summed E-state index contributed by atoms with van der Waals surface area (Å²) in [6.45, 7) is 1.80. The summed E-state index contributed by atoms with van der Waals surface area (Å²) in [4.78, 5) is 14.7. The zero-order chi connectivity index (χ0) is 17.3. The van der Waals surface area contributed by atoms with Gasteiger partial charge >= 0.3 is 0 Å². The zero-order valence-corrected chi connectivity index (χ0v) is 13.5. The first kappa shape index (κ1) is 16.2. The fourth-order valence-electron chi connectivity index (χ4n) is 2.50. The summed E-state index contributed by atoms with van der Waals surface area (Å²) in [6, 6.07) is 10.5. The van der Waals surface area contributed by atoms with Crippen LogP contribution in [0, 0.1) is 29.9 Å². The van der Waals surface area contributed by atoms with Gasteiger partial charge in [-0.3, -0.25) is 4.79 Å². The molecule has 24 heavy (non-hydrogen) atoms. The van der Waals surface area contributed by atoms with E-state index in [1.807, 2.05) is 6.07 Å². The van der Waals surface area contributed by atoms with E-state index in [1.54, 1.807) is 19.1 Å². The van der Waals surface area contributed by atoms with Gasteiger partial charge in [-0.1, -0.05) is 12.1 Å². The minimum absolute atomic E-state index is 0.0589. The predicted molar refractivity (Wildman–Crippen MR) is 89.9 cm³/mol. The van der Waals surface area contributed by atoms with Crippen molar-refractivity contribution in [2.45, 2.75) is 17.7 Å². The van der Waals surface area contributed by atoms with E-state index in [9.17, 15) is 13.6 Å². The van der Waals surface area contributed by atoms with Gasteiger partial charge in [-0.15, -0.1) is 11.8 Å². The molecule has 1 heterocycles. The van der Waals surface area contributed by atoms with E-state index >= 15 is 0 Å². The average Bonchev–Trinajstić information content (AvgIpc) is 2.54. The van der Waals surface area contributed by atoms with Crippen LogP contribution < -0.4 is 5.56 Å². The standard InChI is InChI=1S/C18H12F2N2OS/c1-10-3-2-4-16(20)15(10)9-24-18-13-7-11(19)5-6-12(13)14(8-21)17(23)22-18/h2-7H,9H2,1H3,(H,22,23). The number of rotatable bonds is 3. The minimum Gasteiger partial charge on any atom is -0.315 e. The Morgan fingerprint density at radius 2 is 2.00 bits per heavy atom. The number of nitrogens with zero attached hydrogens (tertiary/aromatic N) is 1. The van der Waals surface area contributed by atoms with Gasteiger partial charge in [0.05, 0.1) is 5.03 Å². The van der Waals surface area contributed by atoms with Crippen molar-refractivity contribution in [3.63, 3.8) is 0 Å². The van der Waals surface area contributed by atoms with Gasteiger partial charge in [-0.2, -0.15) is 5.26 Å². The molecule has 0 aliphatic rings. The Labute approximate surface area is 140 Å². The summed E-state index contributed by atoms with van der Waals surface area (Å²) in [5, 5.41) is 10.4. The van der Waals surface area contributed by atoms with Gasteiger partial charge in [0.2, 0.25) is 0 Å². The van der Waals surface area contributed by atoms with E-state index < -0.39 is 11.4 Å². The van der Waals surface area contributed by atoms with Crippen molar-refractivity contribution in [3.8, 4) is 6.07 Å². The molecule has 6 heteroatoms. The Hall–Kier alpha value is -2.65. The van der Waals surface area contributed by atoms with Crippen molar-refractivity contribution < 1.29 is 8.78 Å². The lowest BCUT2D eigenvalue weighted by Gasteiger charge is -2.10. The summed E-state index contributed by atoms with van der Waals surface area (Å²) in [6.07, 6.45) is 0. The summed E-state index contributed by atoms with van der Waals surface area (Å²) in [7, 11) is 0. The molecule has 0 fully saturated rings. The molecule has 120 valence electrons. The second kappa shape index (κ2) is 6.46. The molecule has 0 saturated heterocycles. The third kappa shape index (κ3) is 2.91. The van der Waals surface area contributed by atoms with E-state index in [1.165, 1.54) is 36.0 Å². The molecule has 1 aromatic heterocycles. The number of aromatic nitrogens is 1. The normalized spacial score (nSPS) is 10.8. The van der Waals surface area contributed by atoms with E-state index in [2.05, 4.69) is 4.98 Å². The SMILES string of the molecule is Cc1cccc(F)c1CSc1[nH]c(=O)c(C#N)c2ccc(F)cc12. The lowest BCUT2D eigenvalue weighted by molar-refractivity contribution is 0.615. The average molecular weight is 342 g/mol. The fourth-order valence-corrected chi connectivity index (χ4v) is 3.64. The molecule has 0 saturated carbocycles. The van der Waals surface area contributed by atoms with E-state index in [4.69, 9.17) is 5.26 Å². The van der Waals surface area contributed by atoms with Crippen molar-refractivity contribution in [3.05, 3.63) is 75.1 Å². The zero-order valence-electron chi connectivity index (χ0n) is 12.7. The molecule has 0 aliphatic heterocycles. The van der Waals surface area contributed by atoms with Crippen LogP contribution in [0.3, 0.4) is 0 Å². The molecule has 0 unspecified atom stereocenters. The highest BCUT2D eigenvalue weighted by atomic mass is 32.2. The van der Waals surface area contributed by atoms with Crippen molar-refractivity contribution in [1.82, 2.24) is 4.98 Å². The molecule has 0 bridgehead atoms. The van der Waals surface area contributed by atoms with Gasteiger partial charge in [0.25, 0.3) is 5.56 Å². The summed E-state index contributed by atoms with van der Waals surface area (Å²) < 4.78 is 27.5. The van der Waals surface area contributed by atoms with Crippen molar-refractivity contribution in [2.24, 2.45) is 0 Å². The number of H-pyrrole nitrogens is 1. The molecule has 3 aromatic rings. The number of pyridine rings is 1. The summed E-state index contributed by atoms with van der Waals surface area (Å²) in [5.41, 5.74) is 0.729. The van der Waals surface area contributed by atoms with E-state index in [-0.39, 0.29) is 17.1 Å². The van der Waals surface area contributed by atoms with Crippen LogP contribution in [0.2, 0.25) is 0 Å². The number of fused-ring (bicyclic) bond motifs is 1. The maximum absolute atomic E-state index is 13.9. The summed E-state index contributed by atoms with van der Waals surface area (Å²) >= 11 is 1.20. The van der Waals surface area contributed by atoms with Crippen LogP contribution in [0.4, 0.5) is 8.78 Å². The summed E-state index contributed by atoms with van der Waals surface area (Å²) in [5.74, 6) is -0.511. The maximum Gasteiger partial charge on any atom is 0.267 e. The van der Waals surface area contributed by atoms with Crippen LogP contribution in [0.5, 0.6) is 0 Å². The number of aryl methyl sites for hydroxylation is 1. The number of halogens is 2. The second-order valence-corrected chi connectivity index (χ2v) is 6.27. The number of nitriles is 1. The number of hydrogen-bond donors (Lipinski definition) is 1. The molecule has 3 rings (SSSR count). The first-order chi connectivity index (χ1) is 11.5. The van der Waals surface area contributed by atoms with Crippen LogP contribution >= 0.6 is 11.8 Å². The van der Waals surface area contributed by atoms with Crippen molar-refractivity contribution in [1.29, 1.82) is 5.26 Å². The molecule has 3 nitrogen and oxygen atoms in total. The van der Waals surface area contributed by atoms with Gasteiger partial charge in [-0.25, -0.2) is 8.78 Å². The van der Waals surface area contributed by atoms with Crippen LogP contribution in [0.1, 0.15) is 16.7 Å². The second-order valence-electron chi connectivity index (χ2n) is 5.28. The topological polar surface area (TPSA) is 56.6 Å². The molecule has 1 N–H and O–H groups in total. The first-order valence-corrected chi connectivity index (χ1v) is 8.12. The van der Waals surface area contributed by atoms with Crippen LogP contribution in [0.15, 0.2) is 46.2 Å². The Morgan fingerprint density at radius 3 is 2.71 bits per heavy atom. The molecule has 0 spiro atoms. The van der Waals surface area contributed by atoms with Gasteiger partial charge in [0.1, 0.15) is 23.3 Å². The third-order valence-corrected chi connectivity index (χ3v) is 4.82. The number of benzene rings is 2. The van der Waals surface area contributed by atoms with Gasteiger partial charge in [-0.05, 0) is 36.8 Å².